The molecule has 1 aromatic carbocycles. The standard InChI is InChI=1S/C14H15BrF3NO2/c1-13(2,3)21-12(20)19-10-5-4-9(15)6-8(10)7-11(19)14(16,17)18/h4-6,11H,7H2,1-3H3. The average molecular weight is 366 g/mol. The van der Waals surface area contributed by atoms with Crippen molar-refractivity contribution in [2.45, 2.75) is 45.0 Å². The Morgan fingerprint density at radius 3 is 2.48 bits per heavy atom. The van der Waals surface area contributed by atoms with E-state index in [1.807, 2.05) is 0 Å². The van der Waals surface area contributed by atoms with Gasteiger partial charge in [-0.3, -0.25) is 4.90 Å². The molecule has 0 saturated carbocycles. The highest BCUT2D eigenvalue weighted by Gasteiger charge is 2.51. The Balaban J connectivity index is 2.41. The molecule has 1 aromatic rings. The van der Waals surface area contributed by atoms with Gasteiger partial charge in [0.25, 0.3) is 0 Å². The van der Waals surface area contributed by atoms with Gasteiger partial charge in [0.2, 0.25) is 0 Å². The van der Waals surface area contributed by atoms with Crippen molar-refractivity contribution >= 4 is 27.7 Å². The van der Waals surface area contributed by atoms with Crippen LogP contribution in [0.2, 0.25) is 0 Å². The van der Waals surface area contributed by atoms with Gasteiger partial charge in [-0.2, -0.15) is 13.2 Å². The van der Waals surface area contributed by atoms with Crippen molar-refractivity contribution in [1.29, 1.82) is 0 Å². The fraction of sp³-hybridized carbons (Fsp3) is 0.500. The highest BCUT2D eigenvalue weighted by Crippen LogP contribution is 2.41. The molecule has 0 bridgehead atoms. The lowest BCUT2D eigenvalue weighted by atomic mass is 10.1. The molecule has 1 atom stereocenters. The van der Waals surface area contributed by atoms with Crippen molar-refractivity contribution in [1.82, 2.24) is 0 Å². The van der Waals surface area contributed by atoms with Gasteiger partial charge in [0.15, 0.2) is 0 Å². The Kier molecular flexibility index (Phi) is 3.99. The fourth-order valence-corrected chi connectivity index (χ4v) is 2.63. The smallest absolute Gasteiger partial charge is 0.415 e. The predicted octanol–water partition coefficient (Wildman–Crippen LogP) is 4.68. The minimum absolute atomic E-state index is 0.245. The van der Waals surface area contributed by atoms with Gasteiger partial charge in [0.1, 0.15) is 11.6 Å². The number of fused-ring (bicyclic) bond motifs is 1. The molecule has 1 heterocycles. The zero-order valence-corrected chi connectivity index (χ0v) is 13.4. The molecule has 1 unspecified atom stereocenters. The largest absolute Gasteiger partial charge is 0.443 e. The maximum atomic E-state index is 13.2. The maximum Gasteiger partial charge on any atom is 0.415 e. The Labute approximate surface area is 129 Å². The number of anilines is 1. The number of amides is 1. The van der Waals surface area contributed by atoms with Crippen molar-refractivity contribution in [3.63, 3.8) is 0 Å². The maximum absolute atomic E-state index is 13.2. The summed E-state index contributed by atoms with van der Waals surface area (Å²) >= 11 is 3.23. The zero-order chi connectivity index (χ0) is 16.0. The number of carbonyl (C=O) groups excluding carboxylic acids is 1. The zero-order valence-electron chi connectivity index (χ0n) is 11.8. The second-order valence-corrected chi connectivity index (χ2v) is 6.80. The molecule has 0 N–H and O–H groups in total. The van der Waals surface area contributed by atoms with Gasteiger partial charge in [-0.15, -0.1) is 0 Å². The number of alkyl halides is 3. The van der Waals surface area contributed by atoms with E-state index in [1.54, 1.807) is 32.9 Å². The molecule has 7 heteroatoms. The molecule has 2 rings (SSSR count). The summed E-state index contributed by atoms with van der Waals surface area (Å²) in [6.45, 7) is 4.85. The number of hydrogen-bond donors (Lipinski definition) is 0. The lowest BCUT2D eigenvalue weighted by Gasteiger charge is -2.30. The number of halogens is 4. The van der Waals surface area contributed by atoms with Crippen LogP contribution in [0.5, 0.6) is 0 Å². The number of hydrogen-bond acceptors (Lipinski definition) is 2. The quantitative estimate of drug-likeness (QED) is 0.668. The second kappa shape index (κ2) is 5.19. The van der Waals surface area contributed by atoms with Crippen LogP contribution < -0.4 is 4.90 Å². The molecular weight excluding hydrogens is 351 g/mol. The Hall–Kier alpha value is -1.24. The first-order valence-electron chi connectivity index (χ1n) is 6.36. The van der Waals surface area contributed by atoms with E-state index < -0.39 is 23.9 Å². The number of benzene rings is 1. The van der Waals surface area contributed by atoms with E-state index in [9.17, 15) is 18.0 Å². The lowest BCUT2D eigenvalue weighted by Crippen LogP contribution is -2.48. The van der Waals surface area contributed by atoms with Crippen LogP contribution in [0.25, 0.3) is 0 Å². The van der Waals surface area contributed by atoms with Crippen LogP contribution in [0, 0.1) is 0 Å². The van der Waals surface area contributed by atoms with E-state index in [-0.39, 0.29) is 12.1 Å². The third-order valence-corrected chi connectivity index (χ3v) is 3.49. The minimum atomic E-state index is -4.51. The van der Waals surface area contributed by atoms with Crippen molar-refractivity contribution in [3.05, 3.63) is 28.2 Å². The Bertz CT molecular complexity index is 566. The van der Waals surface area contributed by atoms with Crippen LogP contribution in [0.3, 0.4) is 0 Å². The molecule has 0 saturated heterocycles. The van der Waals surface area contributed by atoms with Crippen LogP contribution in [0.15, 0.2) is 22.7 Å². The first-order chi connectivity index (χ1) is 9.49. The SMILES string of the molecule is CC(C)(C)OC(=O)N1c2ccc(Br)cc2CC1C(F)(F)F. The van der Waals surface area contributed by atoms with E-state index in [1.165, 1.54) is 6.07 Å². The van der Waals surface area contributed by atoms with Gasteiger partial charge < -0.3 is 4.74 Å². The summed E-state index contributed by atoms with van der Waals surface area (Å²) in [6.07, 6.45) is -5.76. The van der Waals surface area contributed by atoms with Crippen molar-refractivity contribution in [3.8, 4) is 0 Å². The molecule has 0 radical (unpaired) electrons. The molecule has 0 aliphatic carbocycles. The average Bonchev–Trinajstić information content (AvgIpc) is 2.64. The topological polar surface area (TPSA) is 29.5 Å². The summed E-state index contributed by atoms with van der Waals surface area (Å²) in [7, 11) is 0. The molecule has 1 aliphatic heterocycles. The van der Waals surface area contributed by atoms with E-state index in [4.69, 9.17) is 4.74 Å². The summed E-state index contributed by atoms with van der Waals surface area (Å²) in [6, 6.07) is 2.80. The van der Waals surface area contributed by atoms with Crippen LogP contribution in [0.4, 0.5) is 23.7 Å². The molecule has 0 fully saturated rings. The normalized spacial score (nSPS) is 18.6. The molecule has 0 spiro atoms. The summed E-state index contributed by atoms with van der Waals surface area (Å²) in [5, 5.41) is 0. The molecule has 0 aromatic heterocycles. The highest BCUT2D eigenvalue weighted by atomic mass is 79.9. The highest BCUT2D eigenvalue weighted by molar-refractivity contribution is 9.10. The van der Waals surface area contributed by atoms with Crippen LogP contribution in [0.1, 0.15) is 26.3 Å². The summed E-state index contributed by atoms with van der Waals surface area (Å²) < 4.78 is 45.4. The monoisotopic (exact) mass is 365 g/mol. The van der Waals surface area contributed by atoms with Crippen molar-refractivity contribution < 1.29 is 22.7 Å². The van der Waals surface area contributed by atoms with Crippen molar-refractivity contribution in [2.75, 3.05) is 4.90 Å². The molecule has 1 aliphatic rings. The number of rotatable bonds is 0. The van der Waals surface area contributed by atoms with Gasteiger partial charge in [-0.1, -0.05) is 15.9 Å². The first kappa shape index (κ1) is 16.1. The van der Waals surface area contributed by atoms with E-state index in [0.717, 1.165) is 0 Å². The molecule has 21 heavy (non-hydrogen) atoms. The number of carbonyl (C=O) groups is 1. The Morgan fingerprint density at radius 1 is 1.33 bits per heavy atom. The van der Waals surface area contributed by atoms with Gasteiger partial charge in [-0.05, 0) is 44.5 Å². The molecule has 116 valence electrons. The molecule has 3 nitrogen and oxygen atoms in total. The van der Waals surface area contributed by atoms with Gasteiger partial charge in [-0.25, -0.2) is 4.79 Å². The van der Waals surface area contributed by atoms with Crippen molar-refractivity contribution in [2.24, 2.45) is 0 Å². The second-order valence-electron chi connectivity index (χ2n) is 5.88. The first-order valence-corrected chi connectivity index (χ1v) is 7.16. The van der Waals surface area contributed by atoms with Gasteiger partial charge >= 0.3 is 12.3 Å². The van der Waals surface area contributed by atoms with Gasteiger partial charge in [0.05, 0.1) is 5.69 Å². The fourth-order valence-electron chi connectivity index (χ4n) is 2.22. The molecular formula is C14H15BrF3NO2. The Morgan fingerprint density at radius 2 is 1.95 bits per heavy atom. The van der Waals surface area contributed by atoms with E-state index >= 15 is 0 Å². The number of ether oxygens (including phenoxy) is 1. The summed E-state index contributed by atoms with van der Waals surface area (Å²) in [5.41, 5.74) is -0.141. The lowest BCUT2D eigenvalue weighted by molar-refractivity contribution is -0.146. The third kappa shape index (κ3) is 3.51. The van der Waals surface area contributed by atoms with Crippen LogP contribution in [-0.4, -0.2) is 23.9 Å². The van der Waals surface area contributed by atoms with Crippen LogP contribution >= 0.6 is 15.9 Å². The van der Waals surface area contributed by atoms with E-state index in [2.05, 4.69) is 15.9 Å². The molecule has 1 amide bonds. The summed E-state index contributed by atoms with van der Waals surface area (Å²) in [5.74, 6) is 0. The number of nitrogens with zero attached hydrogens (tertiary/aromatic N) is 1. The minimum Gasteiger partial charge on any atom is -0.443 e. The van der Waals surface area contributed by atoms with E-state index in [0.29, 0.717) is 14.9 Å². The van der Waals surface area contributed by atoms with Gasteiger partial charge in [0, 0.05) is 10.9 Å². The van der Waals surface area contributed by atoms with Crippen LogP contribution in [-0.2, 0) is 11.2 Å². The predicted molar refractivity (Wildman–Crippen MR) is 76.4 cm³/mol. The third-order valence-electron chi connectivity index (χ3n) is 2.99. The summed E-state index contributed by atoms with van der Waals surface area (Å²) in [4.78, 5) is 12.9.